The molecule has 0 saturated carbocycles. The number of esters is 1. The fraction of sp³-hybridized carbons (Fsp3) is 0.417. The van der Waals surface area contributed by atoms with E-state index >= 15 is 0 Å². The highest BCUT2D eigenvalue weighted by Crippen LogP contribution is 2.40. The van der Waals surface area contributed by atoms with Crippen LogP contribution in [0.2, 0.25) is 0 Å². The number of carbonyl (C=O) groups excluding carboxylic acids is 2. The molecule has 1 N–H and O–H groups in total. The summed E-state index contributed by atoms with van der Waals surface area (Å²) in [5, 5.41) is 19.3. The Morgan fingerprint density at radius 3 is 2.82 bits per heavy atom. The second-order valence-electron chi connectivity index (χ2n) is 8.19. The van der Waals surface area contributed by atoms with Gasteiger partial charge in [-0.05, 0) is 60.5 Å². The molecular formula is C24H27N3O5S2. The number of hydrogen-bond donors (Lipinski definition) is 1. The summed E-state index contributed by atoms with van der Waals surface area (Å²) in [7, 11) is 0. The summed E-state index contributed by atoms with van der Waals surface area (Å²) in [4.78, 5) is 27.2. The monoisotopic (exact) mass is 501 g/mol. The van der Waals surface area contributed by atoms with Gasteiger partial charge < -0.3 is 19.7 Å². The van der Waals surface area contributed by atoms with Crippen molar-refractivity contribution in [2.75, 3.05) is 11.9 Å². The molecule has 0 aliphatic heterocycles. The van der Waals surface area contributed by atoms with Crippen molar-refractivity contribution < 1.29 is 28.6 Å². The van der Waals surface area contributed by atoms with E-state index in [1.54, 1.807) is 19.1 Å². The fourth-order valence-corrected chi connectivity index (χ4v) is 6.36. The molecular weight excluding hydrogens is 474 g/mol. The molecule has 1 aliphatic carbocycles. The van der Waals surface area contributed by atoms with Gasteiger partial charge in [0.25, 0.3) is 5.03 Å². The molecule has 2 heterocycles. The van der Waals surface area contributed by atoms with Crippen molar-refractivity contribution in [1.29, 1.82) is 0 Å². The lowest BCUT2D eigenvalue weighted by Crippen LogP contribution is -2.36. The van der Waals surface area contributed by atoms with Crippen LogP contribution in [0.25, 0.3) is 5.69 Å². The number of hydrogen-bond acceptors (Lipinski definition) is 8. The largest absolute Gasteiger partial charge is 0.538 e. The van der Waals surface area contributed by atoms with Crippen LogP contribution in [0.15, 0.2) is 39.9 Å². The Bertz CT molecular complexity index is 1170. The van der Waals surface area contributed by atoms with Crippen LogP contribution in [-0.4, -0.2) is 29.0 Å². The highest BCUT2D eigenvalue weighted by atomic mass is 32.2. The van der Waals surface area contributed by atoms with Crippen LogP contribution >= 0.6 is 23.1 Å². The number of amides is 1. The molecule has 2 aromatic heterocycles. The molecule has 180 valence electrons. The standard InChI is InChI=1S/C24H27N3O5S2/c1-4-17(34-22-24(30)32-26-27(22)15-9-7-6-8-10-15)20(28)25-21-19(23(29)31-5-2)16-12-11-14(3)13-18(16)33-21/h6-10,14,17H,4-5,11-13H2,1-3H3,(H-,25,26,28,29,30). The van der Waals surface area contributed by atoms with Crippen molar-refractivity contribution in [2.24, 2.45) is 5.92 Å². The molecule has 4 rings (SSSR count). The average molecular weight is 502 g/mol. The second kappa shape index (κ2) is 10.6. The summed E-state index contributed by atoms with van der Waals surface area (Å²) >= 11 is 2.55. The first-order chi connectivity index (χ1) is 16.4. The van der Waals surface area contributed by atoms with Gasteiger partial charge in [0.15, 0.2) is 5.95 Å². The summed E-state index contributed by atoms with van der Waals surface area (Å²) < 4.78 is 11.6. The minimum absolute atomic E-state index is 0.220. The minimum Gasteiger partial charge on any atom is -0.538 e. The predicted molar refractivity (Wildman–Crippen MR) is 128 cm³/mol. The van der Waals surface area contributed by atoms with E-state index in [2.05, 4.69) is 17.5 Å². The third kappa shape index (κ3) is 4.97. The number of fused-ring (bicyclic) bond motifs is 1. The number of carbonyl (C=O) groups is 2. The molecule has 1 aliphatic rings. The number of nitrogens with one attached hydrogen (secondary N) is 1. The molecule has 0 bridgehead atoms. The van der Waals surface area contributed by atoms with Crippen molar-refractivity contribution in [3.63, 3.8) is 0 Å². The third-order valence-corrected chi connectivity index (χ3v) is 8.28. The van der Waals surface area contributed by atoms with Crippen molar-refractivity contribution in [3.05, 3.63) is 46.3 Å². The van der Waals surface area contributed by atoms with E-state index < -0.39 is 17.2 Å². The van der Waals surface area contributed by atoms with Crippen LogP contribution in [0, 0.1) is 5.92 Å². The first kappa shape index (κ1) is 24.3. The number of ether oxygens (including phenoxy) is 1. The Kier molecular flexibility index (Phi) is 7.57. The normalized spacial score (nSPS) is 16.0. The summed E-state index contributed by atoms with van der Waals surface area (Å²) in [6, 6.07) is 9.12. The number of nitrogens with zero attached hydrogens (tertiary/aromatic N) is 2. The van der Waals surface area contributed by atoms with E-state index in [4.69, 9.17) is 9.26 Å². The number of para-hydroxylation sites is 1. The van der Waals surface area contributed by atoms with E-state index in [1.165, 1.54) is 16.0 Å². The van der Waals surface area contributed by atoms with Crippen LogP contribution in [0.1, 0.15) is 54.4 Å². The number of aromatic nitrogens is 2. The summed E-state index contributed by atoms with van der Waals surface area (Å²) in [5.41, 5.74) is 2.12. The van der Waals surface area contributed by atoms with Gasteiger partial charge >= 0.3 is 5.97 Å². The topological polar surface area (TPSA) is 108 Å². The molecule has 1 aromatic carbocycles. The van der Waals surface area contributed by atoms with E-state index in [0.29, 0.717) is 28.6 Å². The first-order valence-corrected chi connectivity index (χ1v) is 13.1. The maximum absolute atomic E-state index is 13.3. The van der Waals surface area contributed by atoms with Gasteiger partial charge in [-0.2, -0.15) is 0 Å². The van der Waals surface area contributed by atoms with Gasteiger partial charge in [0.05, 0.1) is 22.7 Å². The van der Waals surface area contributed by atoms with Gasteiger partial charge in [0.2, 0.25) is 11.6 Å². The molecule has 0 spiro atoms. The molecule has 0 radical (unpaired) electrons. The molecule has 34 heavy (non-hydrogen) atoms. The predicted octanol–water partition coefficient (Wildman–Crippen LogP) is 3.90. The minimum atomic E-state index is -0.604. The molecule has 0 saturated heterocycles. The van der Waals surface area contributed by atoms with Gasteiger partial charge in [0.1, 0.15) is 5.00 Å². The van der Waals surface area contributed by atoms with Crippen LogP contribution < -0.4 is 15.1 Å². The van der Waals surface area contributed by atoms with Crippen LogP contribution in [0.5, 0.6) is 5.95 Å². The highest BCUT2D eigenvalue weighted by molar-refractivity contribution is 8.00. The molecule has 1 amide bonds. The Morgan fingerprint density at radius 1 is 1.35 bits per heavy atom. The van der Waals surface area contributed by atoms with Gasteiger partial charge in [-0.3, -0.25) is 4.79 Å². The summed E-state index contributed by atoms with van der Waals surface area (Å²) in [6.45, 7) is 6.09. The number of benzene rings is 1. The molecule has 2 unspecified atom stereocenters. The maximum atomic E-state index is 13.3. The van der Waals surface area contributed by atoms with Crippen molar-refractivity contribution >= 4 is 40.0 Å². The lowest BCUT2D eigenvalue weighted by Gasteiger charge is -2.18. The van der Waals surface area contributed by atoms with Crippen LogP contribution in [0.3, 0.4) is 0 Å². The number of thioether (sulfide) groups is 1. The fourth-order valence-electron chi connectivity index (χ4n) is 3.98. The molecule has 3 aromatic rings. The van der Waals surface area contributed by atoms with Crippen molar-refractivity contribution in [3.8, 4) is 11.6 Å². The average Bonchev–Trinajstić information content (AvgIpc) is 3.37. The van der Waals surface area contributed by atoms with E-state index in [9.17, 15) is 14.7 Å². The Balaban J connectivity index is 1.59. The zero-order valence-electron chi connectivity index (χ0n) is 19.3. The summed E-state index contributed by atoms with van der Waals surface area (Å²) in [6.07, 6.45) is 3.13. The second-order valence-corrected chi connectivity index (χ2v) is 10.5. The van der Waals surface area contributed by atoms with Gasteiger partial charge in [0, 0.05) is 17.0 Å². The Hall–Kier alpha value is -2.85. The van der Waals surface area contributed by atoms with E-state index in [0.717, 1.165) is 41.5 Å². The quantitative estimate of drug-likeness (QED) is 0.283. The molecule has 10 heteroatoms. The number of rotatable bonds is 8. The smallest absolute Gasteiger partial charge is 0.341 e. The van der Waals surface area contributed by atoms with Crippen molar-refractivity contribution in [1.82, 2.24) is 5.27 Å². The lowest BCUT2D eigenvalue weighted by atomic mass is 9.88. The SMILES string of the molecule is CCOC(=O)c1c(NC(=O)C(CC)Sc2c([O-])on[n+]2-c2ccccc2)sc2c1CCC(C)C2. The zero-order chi connectivity index (χ0) is 24.2. The third-order valence-electron chi connectivity index (χ3n) is 5.72. The number of anilines is 1. The zero-order valence-corrected chi connectivity index (χ0v) is 21.0. The summed E-state index contributed by atoms with van der Waals surface area (Å²) in [5.74, 6) is -0.771. The van der Waals surface area contributed by atoms with Crippen LogP contribution in [-0.2, 0) is 22.4 Å². The molecule has 2 atom stereocenters. The first-order valence-electron chi connectivity index (χ1n) is 11.4. The number of thiophene rings is 1. The van der Waals surface area contributed by atoms with Crippen molar-refractivity contribution in [2.45, 2.75) is 56.7 Å². The lowest BCUT2D eigenvalue weighted by molar-refractivity contribution is -0.705. The van der Waals surface area contributed by atoms with Crippen LogP contribution in [0.4, 0.5) is 5.00 Å². The maximum Gasteiger partial charge on any atom is 0.341 e. The van der Waals surface area contributed by atoms with E-state index in [1.807, 2.05) is 25.1 Å². The Morgan fingerprint density at radius 2 is 2.12 bits per heavy atom. The van der Waals surface area contributed by atoms with E-state index in [-0.39, 0.29) is 17.5 Å². The molecule has 8 nitrogen and oxygen atoms in total. The van der Waals surface area contributed by atoms with Gasteiger partial charge in [-0.1, -0.05) is 32.0 Å². The Labute approximate surface area is 206 Å². The van der Waals surface area contributed by atoms with Gasteiger partial charge in [-0.25, -0.2) is 4.79 Å². The van der Waals surface area contributed by atoms with Gasteiger partial charge in [-0.15, -0.1) is 11.3 Å². The molecule has 0 fully saturated rings. The highest BCUT2D eigenvalue weighted by Gasteiger charge is 2.32.